The summed E-state index contributed by atoms with van der Waals surface area (Å²) < 4.78 is 58.5. The summed E-state index contributed by atoms with van der Waals surface area (Å²) in [5.74, 6) is -3.19. The maximum absolute atomic E-state index is 13.4. The zero-order chi connectivity index (χ0) is 25.3. The number of ether oxygens (including phenoxy) is 4. The highest BCUT2D eigenvalue weighted by Crippen LogP contribution is 2.29. The van der Waals surface area contributed by atoms with E-state index in [2.05, 4.69) is 10.3 Å². The highest BCUT2D eigenvalue weighted by molar-refractivity contribution is 5.98. The molecule has 0 saturated carbocycles. The molecule has 9 nitrogen and oxygen atoms in total. The number of pyridine rings is 1. The fourth-order valence-corrected chi connectivity index (χ4v) is 2.83. The monoisotopic (exact) mass is 484 g/mol. The predicted octanol–water partition coefficient (Wildman–Crippen LogP) is 2.70. The van der Waals surface area contributed by atoms with Crippen LogP contribution in [-0.4, -0.2) is 55.6 Å². The highest BCUT2D eigenvalue weighted by Gasteiger charge is 2.22. The molecule has 1 atom stereocenters. The van der Waals surface area contributed by atoms with Gasteiger partial charge in [0.25, 0.3) is 12.3 Å². The number of halogens is 3. The molecule has 1 heterocycles. The molecular formula is C22H23F3N2O7. The van der Waals surface area contributed by atoms with Crippen LogP contribution in [0, 0.1) is 5.82 Å². The van der Waals surface area contributed by atoms with Gasteiger partial charge in [0.2, 0.25) is 5.75 Å². The van der Waals surface area contributed by atoms with Crippen LogP contribution >= 0.6 is 0 Å². The molecule has 1 aromatic carbocycles. The molecule has 0 aliphatic carbocycles. The molecule has 0 aliphatic rings. The van der Waals surface area contributed by atoms with Crippen LogP contribution in [0.1, 0.15) is 29.9 Å². The second-order valence-corrected chi connectivity index (χ2v) is 6.93. The van der Waals surface area contributed by atoms with Crippen molar-refractivity contribution >= 4 is 17.8 Å². The summed E-state index contributed by atoms with van der Waals surface area (Å²) in [4.78, 5) is 39.8. The summed E-state index contributed by atoms with van der Waals surface area (Å²) in [7, 11) is 1.31. The maximum atomic E-state index is 13.4. The third kappa shape index (κ3) is 7.94. The average molecular weight is 484 g/mol. The van der Waals surface area contributed by atoms with Gasteiger partial charge in [0.05, 0.1) is 7.11 Å². The van der Waals surface area contributed by atoms with Gasteiger partial charge in [-0.25, -0.2) is 18.2 Å². The first-order valence-corrected chi connectivity index (χ1v) is 9.99. The lowest BCUT2D eigenvalue weighted by molar-refractivity contribution is -0.146. The Hall–Kier alpha value is -3.83. The molecule has 0 bridgehead atoms. The lowest BCUT2D eigenvalue weighted by Gasteiger charge is -2.17. The number of methoxy groups -OCH3 is 1. The highest BCUT2D eigenvalue weighted by atomic mass is 19.3. The molecular weight excluding hydrogens is 461 g/mol. The maximum Gasteiger partial charge on any atom is 0.325 e. The van der Waals surface area contributed by atoms with E-state index in [1.165, 1.54) is 32.4 Å². The Morgan fingerprint density at radius 1 is 1.15 bits per heavy atom. The second kappa shape index (κ2) is 12.4. The van der Waals surface area contributed by atoms with E-state index in [4.69, 9.17) is 18.9 Å². The van der Waals surface area contributed by atoms with Crippen molar-refractivity contribution in [1.29, 1.82) is 0 Å². The van der Waals surface area contributed by atoms with E-state index in [1.54, 1.807) is 0 Å². The van der Waals surface area contributed by atoms with Crippen molar-refractivity contribution in [3.05, 3.63) is 47.5 Å². The van der Waals surface area contributed by atoms with Gasteiger partial charge in [0, 0.05) is 31.7 Å². The fraction of sp³-hybridized carbons (Fsp3) is 0.364. The first kappa shape index (κ1) is 26.4. The quantitative estimate of drug-likeness (QED) is 0.485. The largest absolute Gasteiger partial charge is 0.493 e. The number of nitrogens with one attached hydrogen (secondary N) is 1. The van der Waals surface area contributed by atoms with E-state index in [1.807, 2.05) is 0 Å². The summed E-state index contributed by atoms with van der Waals surface area (Å²) in [6, 6.07) is 4.82. The van der Waals surface area contributed by atoms with Crippen molar-refractivity contribution in [3.63, 3.8) is 0 Å². The number of hydrogen-bond acceptors (Lipinski definition) is 8. The average Bonchev–Trinajstić information content (AvgIpc) is 2.77. The van der Waals surface area contributed by atoms with Gasteiger partial charge in [0.15, 0.2) is 11.4 Å². The molecule has 184 valence electrons. The topological polar surface area (TPSA) is 113 Å². The van der Waals surface area contributed by atoms with Gasteiger partial charge < -0.3 is 24.3 Å². The minimum Gasteiger partial charge on any atom is -0.493 e. The number of benzene rings is 1. The number of rotatable bonds is 11. The predicted molar refractivity (Wildman–Crippen MR) is 112 cm³/mol. The number of aromatic nitrogens is 1. The van der Waals surface area contributed by atoms with E-state index in [0.717, 1.165) is 19.1 Å². The van der Waals surface area contributed by atoms with Crippen molar-refractivity contribution < 1.29 is 46.5 Å². The zero-order valence-electron chi connectivity index (χ0n) is 18.6. The molecule has 0 radical (unpaired) electrons. The number of nitrogens with zero attached hydrogens (tertiary/aromatic N) is 1. The van der Waals surface area contributed by atoms with Gasteiger partial charge in [-0.3, -0.25) is 14.4 Å². The molecule has 0 saturated heterocycles. The lowest BCUT2D eigenvalue weighted by atomic mass is 10.1. The molecule has 12 heteroatoms. The van der Waals surface area contributed by atoms with Crippen LogP contribution in [0.2, 0.25) is 0 Å². The Labute approximate surface area is 193 Å². The molecule has 1 amide bonds. The van der Waals surface area contributed by atoms with Crippen LogP contribution in [0.25, 0.3) is 0 Å². The van der Waals surface area contributed by atoms with Crippen LogP contribution < -0.4 is 19.5 Å². The summed E-state index contributed by atoms with van der Waals surface area (Å²) in [6.07, 6.45) is -2.19. The van der Waals surface area contributed by atoms with Gasteiger partial charge in [-0.1, -0.05) is 6.07 Å². The second-order valence-electron chi connectivity index (χ2n) is 6.93. The number of amides is 1. The first-order valence-electron chi connectivity index (χ1n) is 9.99. The number of carbonyl (C=O) groups excluding carboxylic acids is 3. The van der Waals surface area contributed by atoms with E-state index in [9.17, 15) is 27.6 Å². The summed E-state index contributed by atoms with van der Waals surface area (Å²) in [5, 5.41) is 2.30. The minimum absolute atomic E-state index is 0.0482. The molecule has 2 aromatic rings. The molecule has 0 spiro atoms. The summed E-state index contributed by atoms with van der Waals surface area (Å²) in [6.45, 7) is 1.21. The molecule has 1 unspecified atom stereocenters. The molecule has 0 fully saturated rings. The van der Waals surface area contributed by atoms with Gasteiger partial charge >= 0.3 is 11.9 Å². The van der Waals surface area contributed by atoms with Gasteiger partial charge in [-0.2, -0.15) is 0 Å². The van der Waals surface area contributed by atoms with Crippen molar-refractivity contribution in [2.75, 3.05) is 20.3 Å². The number of carbonyl (C=O) groups is 3. The number of esters is 2. The molecule has 34 heavy (non-hydrogen) atoms. The standard InChI is InChI=1S/C22H23F3N2O7/c1-12(8-14-4-5-15(23)9-17(14)32-11-18(24)25)33-19(29)10-27-22(30)20-21(34-13(2)28)16(31-3)6-7-26-20/h4-7,9,12,18H,8,10-11H2,1-3H3,(H,27,30). The van der Waals surface area contributed by atoms with Crippen LogP contribution in [0.15, 0.2) is 30.5 Å². The normalized spacial score (nSPS) is 11.5. The Bertz CT molecular complexity index is 1030. The molecule has 1 aromatic heterocycles. The third-order valence-corrected chi connectivity index (χ3v) is 4.18. The van der Waals surface area contributed by atoms with E-state index >= 15 is 0 Å². The summed E-state index contributed by atoms with van der Waals surface area (Å²) >= 11 is 0. The number of hydrogen-bond donors (Lipinski definition) is 1. The minimum atomic E-state index is -2.74. The Morgan fingerprint density at radius 3 is 2.53 bits per heavy atom. The SMILES string of the molecule is COc1ccnc(C(=O)NCC(=O)OC(C)Cc2ccc(F)cc2OCC(F)F)c1OC(C)=O. The first-order chi connectivity index (χ1) is 16.1. The van der Waals surface area contributed by atoms with Gasteiger partial charge in [-0.05, 0) is 18.6 Å². The van der Waals surface area contributed by atoms with Crippen LogP contribution in [-0.2, 0) is 20.7 Å². The van der Waals surface area contributed by atoms with E-state index in [-0.39, 0.29) is 29.4 Å². The summed E-state index contributed by atoms with van der Waals surface area (Å²) in [5.41, 5.74) is 0.0838. The van der Waals surface area contributed by atoms with Gasteiger partial charge in [-0.15, -0.1) is 0 Å². The Kier molecular flexibility index (Phi) is 9.65. The zero-order valence-corrected chi connectivity index (χ0v) is 18.6. The fourth-order valence-electron chi connectivity index (χ4n) is 2.83. The molecule has 0 aliphatic heterocycles. The van der Waals surface area contributed by atoms with Crippen molar-refractivity contribution in [3.8, 4) is 17.2 Å². The number of alkyl halides is 2. The Balaban J connectivity index is 1.97. The van der Waals surface area contributed by atoms with Crippen molar-refractivity contribution in [2.24, 2.45) is 0 Å². The molecule has 2 rings (SSSR count). The lowest BCUT2D eigenvalue weighted by Crippen LogP contribution is -2.33. The van der Waals surface area contributed by atoms with Crippen molar-refractivity contribution in [2.45, 2.75) is 32.8 Å². The van der Waals surface area contributed by atoms with Crippen LogP contribution in [0.3, 0.4) is 0 Å². The van der Waals surface area contributed by atoms with E-state index in [0.29, 0.717) is 5.56 Å². The van der Waals surface area contributed by atoms with Gasteiger partial charge in [0.1, 0.15) is 30.8 Å². The molecule has 1 N–H and O–H groups in total. The van der Waals surface area contributed by atoms with Crippen molar-refractivity contribution in [1.82, 2.24) is 10.3 Å². The smallest absolute Gasteiger partial charge is 0.325 e. The van der Waals surface area contributed by atoms with E-state index < -0.39 is 49.3 Å². The third-order valence-electron chi connectivity index (χ3n) is 4.18. The van der Waals surface area contributed by atoms with Crippen LogP contribution in [0.4, 0.5) is 13.2 Å². The van der Waals surface area contributed by atoms with Crippen LogP contribution in [0.5, 0.6) is 17.2 Å². The Morgan fingerprint density at radius 2 is 1.88 bits per heavy atom.